The molecule has 4 heterocycles. The summed E-state index contributed by atoms with van der Waals surface area (Å²) in [4.78, 5) is 24.1. The number of amides is 1. The van der Waals surface area contributed by atoms with Gasteiger partial charge < -0.3 is 9.88 Å². The Morgan fingerprint density at radius 2 is 1.97 bits per heavy atom. The monoisotopic (exact) mass is 492 g/mol. The van der Waals surface area contributed by atoms with E-state index in [1.165, 1.54) is 16.5 Å². The van der Waals surface area contributed by atoms with E-state index >= 15 is 0 Å². The van der Waals surface area contributed by atoms with Crippen molar-refractivity contribution in [2.45, 2.75) is 45.4 Å². The maximum Gasteiger partial charge on any atom is 0.236 e. The summed E-state index contributed by atoms with van der Waals surface area (Å²) in [6, 6.07) is 8.82. The first-order valence-electron chi connectivity index (χ1n) is 12.3. The van der Waals surface area contributed by atoms with Crippen molar-refractivity contribution in [3.63, 3.8) is 0 Å². The van der Waals surface area contributed by atoms with Gasteiger partial charge in [-0.2, -0.15) is 5.10 Å². The molecule has 1 aromatic carbocycles. The van der Waals surface area contributed by atoms with Gasteiger partial charge in [0.25, 0.3) is 0 Å². The Morgan fingerprint density at radius 3 is 2.66 bits per heavy atom. The average Bonchev–Trinajstić information content (AvgIpc) is 3.39. The quantitative estimate of drug-likeness (QED) is 0.414. The lowest BCUT2D eigenvalue weighted by molar-refractivity contribution is -0.130. The van der Waals surface area contributed by atoms with Crippen molar-refractivity contribution in [1.82, 2.24) is 29.4 Å². The number of benzene rings is 1. The molecule has 0 aliphatic carbocycles. The predicted octanol–water partition coefficient (Wildman–Crippen LogP) is 5.23. The molecule has 3 aromatic heterocycles. The van der Waals surface area contributed by atoms with Gasteiger partial charge in [-0.05, 0) is 74.0 Å². The molecule has 35 heavy (non-hydrogen) atoms. The Bertz CT molecular complexity index is 1390. The molecule has 5 rings (SSSR count). The number of carbonyl (C=O) groups excluding carboxylic acids is 1. The normalized spacial score (nSPS) is 15.5. The number of carbonyl (C=O) groups is 1. The highest BCUT2D eigenvalue weighted by atomic mass is 35.5. The van der Waals surface area contributed by atoms with E-state index in [0.717, 1.165) is 42.7 Å². The van der Waals surface area contributed by atoms with E-state index in [4.69, 9.17) is 11.6 Å². The SMILES string of the molecule is Cc1nc2c(Cl)cc(-c3[nH]c4ccc(C5CCN(CC(=O)N(C)C)CC5)cc4c3C(C)C)cn2n1. The van der Waals surface area contributed by atoms with Gasteiger partial charge in [-0.25, -0.2) is 9.50 Å². The first-order valence-corrected chi connectivity index (χ1v) is 12.7. The number of rotatable bonds is 5. The van der Waals surface area contributed by atoms with Gasteiger partial charge in [0, 0.05) is 36.8 Å². The number of fused-ring (bicyclic) bond motifs is 2. The number of nitrogens with zero attached hydrogens (tertiary/aromatic N) is 5. The number of likely N-dealkylation sites (tertiary alicyclic amines) is 1. The van der Waals surface area contributed by atoms with Gasteiger partial charge in [0.15, 0.2) is 5.65 Å². The summed E-state index contributed by atoms with van der Waals surface area (Å²) in [5.41, 5.74) is 6.57. The van der Waals surface area contributed by atoms with Crippen LogP contribution in [0.1, 0.15) is 55.5 Å². The number of aromatic nitrogens is 4. The van der Waals surface area contributed by atoms with Crippen LogP contribution < -0.4 is 0 Å². The second-order valence-electron chi connectivity index (χ2n) is 10.2. The molecule has 4 aromatic rings. The standard InChI is InChI=1S/C27H33ClN6O/c1-16(2)25-21-12-19(18-8-10-33(11-9-18)15-24(35)32(4)5)6-7-23(21)30-26(25)20-13-22(28)27-29-17(3)31-34(27)14-20/h6-7,12-14,16,18,30H,8-11,15H2,1-5H3. The third-order valence-corrected chi connectivity index (χ3v) is 7.42. The van der Waals surface area contributed by atoms with Gasteiger partial charge in [0.2, 0.25) is 5.91 Å². The maximum absolute atomic E-state index is 12.1. The van der Waals surface area contributed by atoms with E-state index in [1.807, 2.05) is 33.3 Å². The summed E-state index contributed by atoms with van der Waals surface area (Å²) in [5, 5.41) is 6.34. The lowest BCUT2D eigenvalue weighted by Crippen LogP contribution is -2.40. The minimum absolute atomic E-state index is 0.172. The molecule has 1 saturated heterocycles. The Morgan fingerprint density at radius 1 is 1.23 bits per heavy atom. The van der Waals surface area contributed by atoms with Gasteiger partial charge in [-0.3, -0.25) is 9.69 Å². The zero-order valence-electron chi connectivity index (χ0n) is 21.1. The first-order chi connectivity index (χ1) is 16.7. The third kappa shape index (κ3) is 4.55. The summed E-state index contributed by atoms with van der Waals surface area (Å²) >= 11 is 6.58. The Labute approximate surface area is 211 Å². The number of pyridine rings is 1. The lowest BCUT2D eigenvalue weighted by atomic mass is 9.87. The van der Waals surface area contributed by atoms with Crippen LogP contribution in [0, 0.1) is 6.92 Å². The molecule has 0 spiro atoms. The van der Waals surface area contributed by atoms with Crippen LogP contribution in [0.3, 0.4) is 0 Å². The molecule has 0 unspecified atom stereocenters. The molecule has 8 heteroatoms. The lowest BCUT2D eigenvalue weighted by Gasteiger charge is -2.32. The fourth-order valence-corrected chi connectivity index (χ4v) is 5.50. The third-order valence-electron chi connectivity index (χ3n) is 7.14. The molecule has 1 amide bonds. The molecule has 1 aliphatic rings. The predicted molar refractivity (Wildman–Crippen MR) is 141 cm³/mol. The highest BCUT2D eigenvalue weighted by Gasteiger charge is 2.24. The number of halogens is 1. The number of piperidine rings is 1. The average molecular weight is 493 g/mol. The van der Waals surface area contributed by atoms with Gasteiger partial charge in [0.05, 0.1) is 17.3 Å². The molecule has 0 bridgehead atoms. The van der Waals surface area contributed by atoms with E-state index in [9.17, 15) is 4.79 Å². The van der Waals surface area contributed by atoms with E-state index < -0.39 is 0 Å². The fraction of sp³-hybridized carbons (Fsp3) is 0.444. The Kier molecular flexibility index (Phi) is 6.32. The highest BCUT2D eigenvalue weighted by molar-refractivity contribution is 6.33. The van der Waals surface area contributed by atoms with Gasteiger partial charge in [0.1, 0.15) is 5.82 Å². The smallest absolute Gasteiger partial charge is 0.236 e. The van der Waals surface area contributed by atoms with Crippen molar-refractivity contribution in [3.05, 3.63) is 52.4 Å². The molecule has 1 fully saturated rings. The van der Waals surface area contributed by atoms with Crippen LogP contribution in [0.25, 0.3) is 27.8 Å². The molecule has 1 aliphatic heterocycles. The van der Waals surface area contributed by atoms with E-state index in [-0.39, 0.29) is 5.91 Å². The van der Waals surface area contributed by atoms with Crippen molar-refractivity contribution in [2.24, 2.45) is 0 Å². The topological polar surface area (TPSA) is 69.5 Å². The maximum atomic E-state index is 12.1. The van der Waals surface area contributed by atoms with Gasteiger partial charge in [-0.15, -0.1) is 0 Å². The number of H-pyrrole nitrogens is 1. The number of hydrogen-bond acceptors (Lipinski definition) is 4. The van der Waals surface area contributed by atoms with Crippen molar-refractivity contribution in [3.8, 4) is 11.3 Å². The van der Waals surface area contributed by atoms with Crippen molar-refractivity contribution >= 4 is 34.1 Å². The minimum Gasteiger partial charge on any atom is -0.354 e. The summed E-state index contributed by atoms with van der Waals surface area (Å²) < 4.78 is 1.77. The zero-order chi connectivity index (χ0) is 24.9. The summed E-state index contributed by atoms with van der Waals surface area (Å²) in [6.07, 6.45) is 4.14. The zero-order valence-corrected chi connectivity index (χ0v) is 21.9. The van der Waals surface area contributed by atoms with Crippen LogP contribution in [0.15, 0.2) is 30.5 Å². The van der Waals surface area contributed by atoms with Crippen LogP contribution in [0.4, 0.5) is 0 Å². The molecule has 0 saturated carbocycles. The van der Waals surface area contributed by atoms with Crippen LogP contribution >= 0.6 is 11.6 Å². The van der Waals surface area contributed by atoms with Gasteiger partial charge in [-0.1, -0.05) is 31.5 Å². The van der Waals surface area contributed by atoms with Gasteiger partial charge >= 0.3 is 0 Å². The van der Waals surface area contributed by atoms with Crippen molar-refractivity contribution < 1.29 is 4.79 Å². The van der Waals surface area contributed by atoms with Crippen molar-refractivity contribution in [2.75, 3.05) is 33.7 Å². The second kappa shape index (κ2) is 9.28. The number of likely N-dealkylation sites (N-methyl/N-ethyl adjacent to an activating group) is 1. The molecule has 7 nitrogen and oxygen atoms in total. The first kappa shape index (κ1) is 23.8. The molecule has 1 N–H and O–H groups in total. The summed E-state index contributed by atoms with van der Waals surface area (Å²) in [5.74, 6) is 1.71. The molecule has 0 atom stereocenters. The molecule has 184 valence electrons. The number of nitrogens with one attached hydrogen (secondary N) is 1. The Balaban J connectivity index is 1.46. The number of aryl methyl sites for hydroxylation is 1. The summed E-state index contributed by atoms with van der Waals surface area (Å²) in [6.45, 7) is 8.76. The fourth-order valence-electron chi connectivity index (χ4n) is 5.26. The number of aromatic amines is 1. The van der Waals surface area contributed by atoms with Crippen LogP contribution in [-0.2, 0) is 4.79 Å². The number of hydrogen-bond donors (Lipinski definition) is 1. The van der Waals surface area contributed by atoms with Crippen LogP contribution in [0.5, 0.6) is 0 Å². The minimum atomic E-state index is 0.172. The molecular formula is C27H33ClN6O. The Hall–Kier alpha value is -2.90. The van der Waals surface area contributed by atoms with Crippen LogP contribution in [-0.4, -0.2) is 69.0 Å². The molecular weight excluding hydrogens is 460 g/mol. The largest absolute Gasteiger partial charge is 0.354 e. The van der Waals surface area contributed by atoms with E-state index in [0.29, 0.717) is 34.9 Å². The summed E-state index contributed by atoms with van der Waals surface area (Å²) in [7, 11) is 3.64. The highest BCUT2D eigenvalue weighted by Crippen LogP contribution is 2.39. The van der Waals surface area contributed by atoms with Crippen LogP contribution in [0.2, 0.25) is 5.02 Å². The van der Waals surface area contributed by atoms with E-state index in [1.54, 1.807) is 9.42 Å². The second-order valence-corrected chi connectivity index (χ2v) is 10.6. The van der Waals surface area contributed by atoms with E-state index in [2.05, 4.69) is 52.0 Å². The molecule has 0 radical (unpaired) electrons. The van der Waals surface area contributed by atoms with Crippen molar-refractivity contribution in [1.29, 1.82) is 0 Å².